The zero-order valence-electron chi connectivity index (χ0n) is 11.8. The average molecular weight is 411 g/mol. The van der Waals surface area contributed by atoms with Crippen molar-refractivity contribution in [2.45, 2.75) is 38.3 Å². The quantitative estimate of drug-likeness (QED) is 0.272. The second-order valence-electron chi connectivity index (χ2n) is 5.13. The first-order valence-electron chi connectivity index (χ1n) is 6.68. The standard InChI is InChI=1S/C12H19IN4O4/c1-7(18)15-8(5-11(14)20)10(19)6-17-4-2-3-9(17)12(21)16-13/h8-9H,2-6H2,1H3,(H2,14,20)(H,15,18)(H,16,21)/p+1. The summed E-state index contributed by atoms with van der Waals surface area (Å²) in [6.07, 6.45) is 1.35. The summed E-state index contributed by atoms with van der Waals surface area (Å²) >= 11 is 1.78. The minimum absolute atomic E-state index is 0.0902. The molecule has 0 spiro atoms. The number of hydrogen-bond donors (Lipinski definition) is 4. The maximum absolute atomic E-state index is 12.2. The highest BCUT2D eigenvalue weighted by Crippen LogP contribution is 2.02. The Morgan fingerprint density at radius 1 is 1.38 bits per heavy atom. The minimum atomic E-state index is -0.920. The molecule has 5 N–H and O–H groups in total. The number of nitrogens with two attached hydrogens (primary N) is 1. The SMILES string of the molecule is CC(=O)NC(CC(N)=O)C(=O)C[NH+]1CCCC1C(=O)NI. The van der Waals surface area contributed by atoms with Gasteiger partial charge in [-0.25, -0.2) is 0 Å². The van der Waals surface area contributed by atoms with Gasteiger partial charge in [-0.3, -0.25) is 22.7 Å². The van der Waals surface area contributed by atoms with Gasteiger partial charge in [-0.15, -0.1) is 0 Å². The third-order valence-corrected chi connectivity index (χ3v) is 4.00. The van der Waals surface area contributed by atoms with E-state index in [9.17, 15) is 19.2 Å². The zero-order valence-corrected chi connectivity index (χ0v) is 13.9. The van der Waals surface area contributed by atoms with Crippen LogP contribution < -0.4 is 19.5 Å². The Morgan fingerprint density at radius 3 is 2.57 bits per heavy atom. The van der Waals surface area contributed by atoms with Gasteiger partial charge in [-0.05, 0) is 0 Å². The van der Waals surface area contributed by atoms with Crippen LogP contribution in [0, 0.1) is 0 Å². The minimum Gasteiger partial charge on any atom is -0.370 e. The van der Waals surface area contributed by atoms with Crippen LogP contribution in [0.15, 0.2) is 0 Å². The van der Waals surface area contributed by atoms with Crippen LogP contribution in [0.2, 0.25) is 0 Å². The molecule has 9 heteroatoms. The molecule has 0 radical (unpaired) electrons. The highest BCUT2D eigenvalue weighted by molar-refractivity contribution is 14.1. The van der Waals surface area contributed by atoms with Crippen LogP contribution in [0.3, 0.4) is 0 Å². The molecule has 1 aliphatic rings. The zero-order chi connectivity index (χ0) is 16.0. The van der Waals surface area contributed by atoms with Gasteiger partial charge in [0, 0.05) is 19.8 Å². The molecular formula is C12H20IN4O4+. The van der Waals surface area contributed by atoms with Crippen LogP contribution in [0.5, 0.6) is 0 Å². The van der Waals surface area contributed by atoms with Gasteiger partial charge in [0.15, 0.2) is 6.04 Å². The fourth-order valence-corrected chi connectivity index (χ4v) is 2.92. The molecule has 1 aliphatic heterocycles. The first-order valence-corrected chi connectivity index (χ1v) is 7.76. The molecule has 0 aromatic heterocycles. The number of nitrogens with one attached hydrogen (secondary N) is 3. The summed E-state index contributed by atoms with van der Waals surface area (Å²) in [5, 5.41) is 2.44. The number of carbonyl (C=O) groups excluding carboxylic acids is 4. The number of carbonyl (C=O) groups is 4. The molecule has 1 saturated heterocycles. The lowest BCUT2D eigenvalue weighted by atomic mass is 10.1. The molecule has 118 valence electrons. The number of likely N-dealkylation sites (tertiary alicyclic amines) is 1. The lowest BCUT2D eigenvalue weighted by Gasteiger charge is -2.22. The molecule has 0 bridgehead atoms. The van der Waals surface area contributed by atoms with Gasteiger partial charge >= 0.3 is 0 Å². The van der Waals surface area contributed by atoms with Crippen molar-refractivity contribution in [3.63, 3.8) is 0 Å². The van der Waals surface area contributed by atoms with Gasteiger partial charge in [0.25, 0.3) is 5.91 Å². The summed E-state index contributed by atoms with van der Waals surface area (Å²) < 4.78 is 2.56. The first kappa shape index (κ1) is 17.8. The van der Waals surface area contributed by atoms with E-state index in [-0.39, 0.29) is 30.7 Å². The molecule has 0 aromatic carbocycles. The van der Waals surface area contributed by atoms with Crippen LogP contribution in [-0.2, 0) is 19.2 Å². The number of amides is 3. The number of hydrogen-bond acceptors (Lipinski definition) is 4. The number of primary amides is 1. The van der Waals surface area contributed by atoms with Gasteiger partial charge in [0.1, 0.15) is 12.6 Å². The second-order valence-corrected chi connectivity index (χ2v) is 5.67. The Balaban J connectivity index is 2.69. The van der Waals surface area contributed by atoms with E-state index in [1.165, 1.54) is 6.92 Å². The molecular weight excluding hydrogens is 391 g/mol. The van der Waals surface area contributed by atoms with Crippen molar-refractivity contribution in [3.8, 4) is 0 Å². The molecule has 1 heterocycles. The smallest absolute Gasteiger partial charge is 0.286 e. The normalized spacial score (nSPS) is 22.4. The average Bonchev–Trinajstić information content (AvgIpc) is 2.84. The topological polar surface area (TPSA) is 123 Å². The molecule has 3 atom stereocenters. The molecule has 0 aliphatic carbocycles. The van der Waals surface area contributed by atoms with E-state index in [1.54, 1.807) is 22.9 Å². The lowest BCUT2D eigenvalue weighted by molar-refractivity contribution is -0.894. The van der Waals surface area contributed by atoms with Crippen molar-refractivity contribution in [2.24, 2.45) is 5.73 Å². The van der Waals surface area contributed by atoms with Gasteiger partial charge < -0.3 is 16.0 Å². The summed E-state index contributed by atoms with van der Waals surface area (Å²) in [6.45, 7) is 2.08. The van der Waals surface area contributed by atoms with Crippen LogP contribution in [-0.4, -0.2) is 48.7 Å². The molecule has 3 unspecified atom stereocenters. The molecule has 0 aromatic rings. The van der Waals surface area contributed by atoms with Crippen LogP contribution in [0.1, 0.15) is 26.2 Å². The van der Waals surface area contributed by atoms with Crippen molar-refractivity contribution < 1.29 is 24.1 Å². The van der Waals surface area contributed by atoms with Crippen molar-refractivity contribution in [1.82, 2.24) is 8.85 Å². The highest BCUT2D eigenvalue weighted by Gasteiger charge is 2.37. The van der Waals surface area contributed by atoms with Crippen molar-refractivity contribution in [1.29, 1.82) is 0 Å². The van der Waals surface area contributed by atoms with Crippen molar-refractivity contribution >= 4 is 46.4 Å². The molecule has 0 saturated carbocycles. The summed E-state index contributed by atoms with van der Waals surface area (Å²) in [7, 11) is 0. The van der Waals surface area contributed by atoms with Gasteiger partial charge in [0.05, 0.1) is 35.8 Å². The predicted octanol–water partition coefficient (Wildman–Crippen LogP) is -2.55. The summed E-state index contributed by atoms with van der Waals surface area (Å²) in [4.78, 5) is 46.9. The summed E-state index contributed by atoms with van der Waals surface area (Å²) in [5.74, 6) is -1.44. The number of rotatable bonds is 7. The number of halogens is 1. The van der Waals surface area contributed by atoms with Crippen molar-refractivity contribution in [3.05, 3.63) is 0 Å². The van der Waals surface area contributed by atoms with Crippen LogP contribution in [0.25, 0.3) is 0 Å². The van der Waals surface area contributed by atoms with E-state index in [4.69, 9.17) is 5.73 Å². The van der Waals surface area contributed by atoms with E-state index >= 15 is 0 Å². The highest BCUT2D eigenvalue weighted by atomic mass is 127. The number of ketones is 1. The largest absolute Gasteiger partial charge is 0.370 e. The lowest BCUT2D eigenvalue weighted by Crippen LogP contribution is -3.16. The number of Topliss-reactive ketones (excluding diaryl/α,β-unsaturated/α-hetero) is 1. The maximum Gasteiger partial charge on any atom is 0.286 e. The molecule has 1 rings (SSSR count). The third kappa shape index (κ3) is 5.58. The van der Waals surface area contributed by atoms with Gasteiger partial charge in [-0.2, -0.15) is 0 Å². The molecule has 1 fully saturated rings. The van der Waals surface area contributed by atoms with Crippen molar-refractivity contribution in [2.75, 3.05) is 13.1 Å². The Labute approximate surface area is 136 Å². The third-order valence-electron chi connectivity index (χ3n) is 3.47. The monoisotopic (exact) mass is 411 g/mol. The second kappa shape index (κ2) is 8.27. The van der Waals surface area contributed by atoms with E-state index in [0.717, 1.165) is 17.7 Å². The Hall–Kier alpha value is -1.23. The summed E-state index contributed by atoms with van der Waals surface area (Å²) in [6, 6.07) is -1.19. The van der Waals surface area contributed by atoms with E-state index in [1.807, 2.05) is 0 Å². The maximum atomic E-state index is 12.2. The predicted molar refractivity (Wildman–Crippen MR) is 82.3 cm³/mol. The number of quaternary nitrogens is 1. The van der Waals surface area contributed by atoms with E-state index in [0.29, 0.717) is 6.54 Å². The molecule has 21 heavy (non-hydrogen) atoms. The van der Waals surface area contributed by atoms with E-state index in [2.05, 4.69) is 8.85 Å². The fourth-order valence-electron chi connectivity index (χ4n) is 2.54. The summed E-state index contributed by atoms with van der Waals surface area (Å²) in [5.41, 5.74) is 5.10. The first-order chi connectivity index (χ1) is 9.85. The van der Waals surface area contributed by atoms with Crippen LogP contribution >= 0.6 is 22.9 Å². The Kier molecular flexibility index (Phi) is 7.02. The molecule has 3 amide bonds. The molecule has 8 nitrogen and oxygen atoms in total. The Bertz CT molecular complexity index is 427. The van der Waals surface area contributed by atoms with E-state index < -0.39 is 17.9 Å². The van der Waals surface area contributed by atoms with Gasteiger partial charge in [-0.1, -0.05) is 0 Å². The van der Waals surface area contributed by atoms with Gasteiger partial charge in [0.2, 0.25) is 17.6 Å². The Morgan fingerprint density at radius 2 is 2.05 bits per heavy atom. The fraction of sp³-hybridized carbons (Fsp3) is 0.667. The van der Waals surface area contributed by atoms with Crippen LogP contribution in [0.4, 0.5) is 0 Å².